The zero-order valence-corrected chi connectivity index (χ0v) is 13.5. The predicted octanol–water partition coefficient (Wildman–Crippen LogP) is 1.81. The number of nitrogens with two attached hydrogens (primary N) is 1. The average Bonchev–Trinajstić information content (AvgIpc) is 2.56. The summed E-state index contributed by atoms with van der Waals surface area (Å²) in [5.74, 6) is 0. The molecule has 124 valence electrons. The van der Waals surface area contributed by atoms with E-state index in [-0.39, 0.29) is 10.8 Å². The van der Waals surface area contributed by atoms with Crippen molar-refractivity contribution in [2.75, 3.05) is 11.9 Å². The molecule has 0 amide bonds. The minimum absolute atomic E-state index is 0.0165. The van der Waals surface area contributed by atoms with Crippen molar-refractivity contribution in [2.45, 2.75) is 6.42 Å². The lowest BCUT2D eigenvalue weighted by molar-refractivity contribution is -0.384. The highest BCUT2D eigenvalue weighted by Gasteiger charge is 2.09. The van der Waals surface area contributed by atoms with Crippen LogP contribution >= 0.6 is 12.2 Å². The molecule has 1 aromatic carbocycles. The zero-order chi connectivity index (χ0) is 17.4. The average molecular weight is 344 g/mol. The molecule has 1 aromatic heterocycles. The third-order valence-corrected chi connectivity index (χ3v) is 3.17. The fourth-order valence-corrected chi connectivity index (χ4v) is 2.04. The number of nitro groups is 1. The first kappa shape index (κ1) is 17.3. The van der Waals surface area contributed by atoms with Crippen molar-refractivity contribution in [1.29, 1.82) is 0 Å². The molecule has 0 saturated heterocycles. The van der Waals surface area contributed by atoms with Crippen molar-refractivity contribution in [3.8, 4) is 0 Å². The van der Waals surface area contributed by atoms with Gasteiger partial charge in [-0.25, -0.2) is 0 Å². The quantitative estimate of drug-likeness (QED) is 0.303. The van der Waals surface area contributed by atoms with Gasteiger partial charge in [0.15, 0.2) is 5.11 Å². The summed E-state index contributed by atoms with van der Waals surface area (Å²) in [6.45, 7) is 0.646. The van der Waals surface area contributed by atoms with Crippen LogP contribution in [-0.4, -0.2) is 27.8 Å². The van der Waals surface area contributed by atoms with E-state index in [4.69, 9.17) is 5.73 Å². The molecule has 0 fully saturated rings. The number of hydrogen-bond acceptors (Lipinski definition) is 6. The van der Waals surface area contributed by atoms with Gasteiger partial charge in [0.1, 0.15) is 0 Å². The summed E-state index contributed by atoms with van der Waals surface area (Å²) in [5.41, 5.74) is 10.1. The number of nitro benzene ring substituents is 1. The largest absolute Gasteiger partial charge is 0.384 e. The topological polar surface area (TPSA) is 118 Å². The Morgan fingerprint density at radius 3 is 2.96 bits per heavy atom. The van der Waals surface area contributed by atoms with Gasteiger partial charge in [0.25, 0.3) is 5.69 Å². The molecule has 0 spiro atoms. The smallest absolute Gasteiger partial charge is 0.270 e. The summed E-state index contributed by atoms with van der Waals surface area (Å²) in [4.78, 5) is 14.5. The number of benzene rings is 1. The molecule has 9 heteroatoms. The van der Waals surface area contributed by atoms with E-state index in [0.29, 0.717) is 12.1 Å². The van der Waals surface area contributed by atoms with Crippen LogP contribution < -0.4 is 16.5 Å². The van der Waals surface area contributed by atoms with Crippen LogP contribution in [0.5, 0.6) is 0 Å². The molecule has 4 N–H and O–H groups in total. The Labute approximate surface area is 143 Å². The first-order valence-electron chi connectivity index (χ1n) is 7.06. The molecule has 0 atom stereocenters. The molecule has 0 aliphatic rings. The third kappa shape index (κ3) is 5.29. The van der Waals surface area contributed by atoms with Crippen LogP contribution in [0, 0.1) is 10.1 Å². The van der Waals surface area contributed by atoms with Crippen molar-refractivity contribution in [1.82, 2.24) is 10.4 Å². The van der Waals surface area contributed by atoms with E-state index in [2.05, 4.69) is 33.0 Å². The SMILES string of the molecule is NC(=S)NN=Cc1cc([N+](=O)[O-])ccc1NCCc1cccnc1. The number of thiocarbonyl (C=S) groups is 1. The standard InChI is InChI=1S/C15H16N6O2S/c16-15(24)20-19-10-12-8-13(21(22)23)3-4-14(12)18-7-5-11-2-1-6-17-9-11/h1-4,6,8-10,18H,5,7H2,(H3,16,20,24). The summed E-state index contributed by atoms with van der Waals surface area (Å²) in [7, 11) is 0. The van der Waals surface area contributed by atoms with Crippen molar-refractivity contribution in [3.63, 3.8) is 0 Å². The van der Waals surface area contributed by atoms with E-state index in [1.165, 1.54) is 18.3 Å². The van der Waals surface area contributed by atoms with Gasteiger partial charge in [-0.15, -0.1) is 0 Å². The highest BCUT2D eigenvalue weighted by molar-refractivity contribution is 7.80. The fraction of sp³-hybridized carbons (Fsp3) is 0.133. The fourth-order valence-electron chi connectivity index (χ4n) is 1.98. The molecule has 0 radical (unpaired) electrons. The van der Waals surface area contributed by atoms with Gasteiger partial charge in [0.05, 0.1) is 11.1 Å². The van der Waals surface area contributed by atoms with Crippen LogP contribution in [0.15, 0.2) is 47.8 Å². The van der Waals surface area contributed by atoms with Crippen molar-refractivity contribution in [3.05, 3.63) is 64.0 Å². The van der Waals surface area contributed by atoms with Crippen LogP contribution in [-0.2, 0) is 6.42 Å². The van der Waals surface area contributed by atoms with Gasteiger partial charge >= 0.3 is 0 Å². The lowest BCUT2D eigenvalue weighted by atomic mass is 10.1. The predicted molar refractivity (Wildman–Crippen MR) is 97.0 cm³/mol. The van der Waals surface area contributed by atoms with Crippen molar-refractivity contribution >= 4 is 34.9 Å². The molecule has 24 heavy (non-hydrogen) atoms. The van der Waals surface area contributed by atoms with Gasteiger partial charge in [0, 0.05) is 42.3 Å². The Hall–Kier alpha value is -3.07. The summed E-state index contributed by atoms with van der Waals surface area (Å²) in [6.07, 6.45) is 5.72. The molecule has 0 saturated carbocycles. The van der Waals surface area contributed by atoms with E-state index < -0.39 is 4.92 Å². The zero-order valence-electron chi connectivity index (χ0n) is 12.7. The summed E-state index contributed by atoms with van der Waals surface area (Å²) >= 11 is 4.66. The van der Waals surface area contributed by atoms with Gasteiger partial charge in [-0.2, -0.15) is 5.10 Å². The molecule has 1 heterocycles. The number of rotatable bonds is 7. The molecule has 0 unspecified atom stereocenters. The van der Waals surface area contributed by atoms with E-state index >= 15 is 0 Å². The van der Waals surface area contributed by atoms with Gasteiger partial charge in [0.2, 0.25) is 0 Å². The second-order valence-electron chi connectivity index (χ2n) is 4.80. The van der Waals surface area contributed by atoms with Crippen molar-refractivity contribution < 1.29 is 4.92 Å². The number of anilines is 1. The molecule has 2 aromatic rings. The molecular formula is C15H16N6O2S. The summed E-state index contributed by atoms with van der Waals surface area (Å²) in [6, 6.07) is 8.37. The maximum absolute atomic E-state index is 10.9. The Morgan fingerprint density at radius 1 is 1.46 bits per heavy atom. The van der Waals surface area contributed by atoms with E-state index in [0.717, 1.165) is 17.7 Å². The maximum atomic E-state index is 10.9. The van der Waals surface area contributed by atoms with Gasteiger partial charge in [-0.1, -0.05) is 6.07 Å². The second-order valence-corrected chi connectivity index (χ2v) is 5.24. The Bertz CT molecular complexity index is 751. The normalized spacial score (nSPS) is 10.5. The number of aromatic nitrogens is 1. The second kappa shape index (κ2) is 8.53. The van der Waals surface area contributed by atoms with E-state index in [1.54, 1.807) is 18.5 Å². The maximum Gasteiger partial charge on any atom is 0.270 e. The minimum atomic E-state index is -0.461. The monoisotopic (exact) mass is 344 g/mol. The van der Waals surface area contributed by atoms with Gasteiger partial charge in [-0.3, -0.25) is 20.5 Å². The number of nitrogens with zero attached hydrogens (tertiary/aromatic N) is 3. The number of hydrazone groups is 1. The Balaban J connectivity index is 2.10. The summed E-state index contributed by atoms with van der Waals surface area (Å²) < 4.78 is 0. The first-order chi connectivity index (χ1) is 11.6. The molecular weight excluding hydrogens is 328 g/mol. The molecule has 0 bridgehead atoms. The number of hydrogen-bond donors (Lipinski definition) is 3. The lowest BCUT2D eigenvalue weighted by Gasteiger charge is -2.09. The highest BCUT2D eigenvalue weighted by atomic mass is 32.1. The van der Waals surface area contributed by atoms with Gasteiger partial charge < -0.3 is 11.1 Å². The van der Waals surface area contributed by atoms with Crippen LogP contribution in [0.2, 0.25) is 0 Å². The van der Waals surface area contributed by atoms with Crippen LogP contribution in [0.4, 0.5) is 11.4 Å². The van der Waals surface area contributed by atoms with Crippen LogP contribution in [0.25, 0.3) is 0 Å². The Kier molecular flexibility index (Phi) is 6.15. The van der Waals surface area contributed by atoms with Crippen LogP contribution in [0.1, 0.15) is 11.1 Å². The van der Waals surface area contributed by atoms with Crippen LogP contribution in [0.3, 0.4) is 0 Å². The van der Waals surface area contributed by atoms with E-state index in [9.17, 15) is 10.1 Å². The number of pyridine rings is 1. The number of non-ortho nitro benzene ring substituents is 1. The molecule has 8 nitrogen and oxygen atoms in total. The Morgan fingerprint density at radius 2 is 2.29 bits per heavy atom. The molecule has 0 aliphatic heterocycles. The minimum Gasteiger partial charge on any atom is -0.384 e. The number of nitrogens with one attached hydrogen (secondary N) is 2. The third-order valence-electron chi connectivity index (χ3n) is 3.08. The van der Waals surface area contributed by atoms with E-state index in [1.807, 2.05) is 12.1 Å². The van der Waals surface area contributed by atoms with Crippen molar-refractivity contribution in [2.24, 2.45) is 10.8 Å². The lowest BCUT2D eigenvalue weighted by Crippen LogP contribution is -2.24. The highest BCUT2D eigenvalue weighted by Crippen LogP contribution is 2.20. The first-order valence-corrected chi connectivity index (χ1v) is 7.47. The molecule has 0 aliphatic carbocycles. The molecule has 2 rings (SSSR count). The van der Waals surface area contributed by atoms with Gasteiger partial charge in [-0.05, 0) is 36.3 Å². The summed E-state index contributed by atoms with van der Waals surface area (Å²) in [5, 5.41) is 18.0.